The number of halogens is 1. The molecule has 7 heteroatoms. The third kappa shape index (κ3) is 4.27. The van der Waals surface area contributed by atoms with Crippen molar-refractivity contribution in [1.29, 1.82) is 0 Å². The molecule has 1 aromatic carbocycles. The highest BCUT2D eigenvalue weighted by molar-refractivity contribution is 7.85. The van der Waals surface area contributed by atoms with E-state index in [1.54, 1.807) is 12.1 Å². The molecule has 1 fully saturated rings. The molecule has 0 bridgehead atoms. The van der Waals surface area contributed by atoms with Crippen molar-refractivity contribution in [2.75, 3.05) is 13.1 Å². The number of pyridine rings is 1. The Labute approximate surface area is 152 Å². The summed E-state index contributed by atoms with van der Waals surface area (Å²) in [6, 6.07) is 9.89. The molecule has 0 radical (unpaired) electrons. The van der Waals surface area contributed by atoms with Crippen LogP contribution in [-0.4, -0.2) is 31.0 Å². The molecule has 1 aliphatic carbocycles. The quantitative estimate of drug-likeness (QED) is 0.619. The Morgan fingerprint density at radius 2 is 1.88 bits per heavy atom. The minimum absolute atomic E-state index is 0.0666. The van der Waals surface area contributed by atoms with Crippen LogP contribution in [0.4, 0.5) is 0 Å². The van der Waals surface area contributed by atoms with Gasteiger partial charge in [-0.2, -0.15) is 8.42 Å². The monoisotopic (exact) mass is 378 g/mol. The lowest BCUT2D eigenvalue weighted by molar-refractivity contribution is 0.483. The molecule has 0 spiro atoms. The van der Waals surface area contributed by atoms with Crippen molar-refractivity contribution in [3.05, 3.63) is 65.0 Å². The summed E-state index contributed by atoms with van der Waals surface area (Å²) in [6.07, 6.45) is 4.21. The lowest BCUT2D eigenvalue weighted by atomic mass is 9.74. The molecule has 0 amide bonds. The van der Waals surface area contributed by atoms with Crippen molar-refractivity contribution >= 4 is 27.3 Å². The van der Waals surface area contributed by atoms with Gasteiger partial charge in [-0.25, -0.2) is 4.98 Å². The van der Waals surface area contributed by atoms with E-state index < -0.39 is 10.1 Å². The summed E-state index contributed by atoms with van der Waals surface area (Å²) in [5.41, 5.74) is 3.61. The van der Waals surface area contributed by atoms with Crippen LogP contribution < -0.4 is 5.32 Å². The van der Waals surface area contributed by atoms with Crippen molar-refractivity contribution in [3.63, 3.8) is 0 Å². The van der Waals surface area contributed by atoms with Crippen molar-refractivity contribution in [2.45, 2.75) is 11.8 Å². The van der Waals surface area contributed by atoms with Crippen LogP contribution >= 0.6 is 11.6 Å². The zero-order valence-corrected chi connectivity index (χ0v) is 15.3. The van der Waals surface area contributed by atoms with Crippen molar-refractivity contribution in [1.82, 2.24) is 10.3 Å². The number of nitrogens with one attached hydrogen (secondary N) is 1. The van der Waals surface area contributed by atoms with E-state index in [1.165, 1.54) is 23.3 Å². The summed E-state index contributed by atoms with van der Waals surface area (Å²) in [5, 5.41) is 3.96. The first-order chi connectivity index (χ1) is 11.8. The molecule has 25 heavy (non-hydrogen) atoms. The van der Waals surface area contributed by atoms with E-state index in [9.17, 15) is 8.42 Å². The standard InChI is InChI=1S/C11H11ClN2.C7H8O3S/c12-11-2-1-7(5-14-11)9-3-8-4-13-6-10(8)9;1-6-2-4-7(5-3-6)11(8,9)10/h1-3,5,8,10,13H,4,6H2;2-5H,1H3,(H,8,9,10)/t8-,10+;/m1./s1. The zero-order chi connectivity index (χ0) is 18.0. The lowest BCUT2D eigenvalue weighted by Crippen LogP contribution is -2.21. The highest BCUT2D eigenvalue weighted by Crippen LogP contribution is 2.42. The van der Waals surface area contributed by atoms with E-state index in [1.807, 2.05) is 19.2 Å². The van der Waals surface area contributed by atoms with Crippen molar-refractivity contribution < 1.29 is 13.0 Å². The largest absolute Gasteiger partial charge is 0.315 e. The number of aromatic nitrogens is 1. The van der Waals surface area contributed by atoms with Gasteiger partial charge in [0, 0.05) is 25.2 Å². The SMILES string of the molecule is Cc1ccc(S(=O)(=O)O)cc1.Clc1ccc(C2=C[C@@H]3CNC[C@H]23)cn1. The maximum absolute atomic E-state index is 10.5. The number of nitrogens with zero attached hydrogens (tertiary/aromatic N) is 1. The average Bonchev–Trinajstić information content (AvgIpc) is 2.90. The lowest BCUT2D eigenvalue weighted by Gasteiger charge is -2.29. The zero-order valence-electron chi connectivity index (χ0n) is 13.7. The maximum atomic E-state index is 10.5. The predicted molar refractivity (Wildman–Crippen MR) is 98.1 cm³/mol. The number of benzene rings is 1. The first-order valence-electron chi connectivity index (χ1n) is 7.93. The fourth-order valence-corrected chi connectivity index (χ4v) is 3.61. The number of fused-ring (bicyclic) bond motifs is 1. The van der Waals surface area contributed by atoms with E-state index in [2.05, 4.69) is 22.4 Å². The Hall–Kier alpha value is -1.73. The van der Waals surface area contributed by atoms with Gasteiger partial charge in [0.2, 0.25) is 0 Å². The van der Waals surface area contributed by atoms with Crippen LogP contribution in [0.2, 0.25) is 5.15 Å². The summed E-state index contributed by atoms with van der Waals surface area (Å²) in [7, 11) is -4.02. The number of hydrogen-bond donors (Lipinski definition) is 2. The molecule has 2 aromatic rings. The third-order valence-electron chi connectivity index (χ3n) is 4.43. The van der Waals surface area contributed by atoms with Gasteiger partial charge in [-0.3, -0.25) is 4.55 Å². The van der Waals surface area contributed by atoms with E-state index in [-0.39, 0.29) is 4.90 Å². The van der Waals surface area contributed by atoms with Crippen LogP contribution in [0.15, 0.2) is 53.6 Å². The fourth-order valence-electron chi connectivity index (χ4n) is 3.02. The summed E-state index contributed by atoms with van der Waals surface area (Å²) >= 11 is 5.75. The molecule has 5 nitrogen and oxygen atoms in total. The topological polar surface area (TPSA) is 79.3 Å². The first kappa shape index (κ1) is 18.1. The van der Waals surface area contributed by atoms with E-state index in [0.29, 0.717) is 11.1 Å². The first-order valence-corrected chi connectivity index (χ1v) is 9.75. The number of aryl methyl sites for hydroxylation is 1. The van der Waals surface area contributed by atoms with Gasteiger partial charge in [0.25, 0.3) is 10.1 Å². The van der Waals surface area contributed by atoms with Gasteiger partial charge < -0.3 is 5.32 Å². The van der Waals surface area contributed by atoms with E-state index in [0.717, 1.165) is 24.6 Å². The molecule has 2 heterocycles. The molecular formula is C18H19ClN2O3S. The van der Waals surface area contributed by atoms with Gasteiger partial charge in [0.15, 0.2) is 0 Å². The van der Waals surface area contributed by atoms with Gasteiger partial charge in [0.1, 0.15) is 5.15 Å². The Balaban J connectivity index is 0.000000151. The van der Waals surface area contributed by atoms with Crippen LogP contribution in [0.3, 0.4) is 0 Å². The molecule has 0 unspecified atom stereocenters. The Morgan fingerprint density at radius 1 is 1.16 bits per heavy atom. The number of rotatable bonds is 2. The minimum Gasteiger partial charge on any atom is -0.315 e. The molecule has 1 aliphatic heterocycles. The molecule has 1 saturated heterocycles. The van der Waals surface area contributed by atoms with Crippen molar-refractivity contribution in [2.24, 2.45) is 11.8 Å². The predicted octanol–water partition coefficient (Wildman–Crippen LogP) is 3.21. The van der Waals surface area contributed by atoms with Gasteiger partial charge in [-0.15, -0.1) is 0 Å². The molecule has 2 N–H and O–H groups in total. The summed E-state index contributed by atoms with van der Waals surface area (Å²) < 4.78 is 29.6. The minimum atomic E-state index is -4.02. The van der Waals surface area contributed by atoms with E-state index in [4.69, 9.17) is 16.2 Å². The van der Waals surface area contributed by atoms with Crippen LogP contribution in [0, 0.1) is 18.8 Å². The van der Waals surface area contributed by atoms with E-state index >= 15 is 0 Å². The third-order valence-corrected chi connectivity index (χ3v) is 5.53. The molecule has 0 saturated carbocycles. The molecule has 132 valence electrons. The molecule has 2 aliphatic rings. The van der Waals surface area contributed by atoms with Crippen molar-refractivity contribution in [3.8, 4) is 0 Å². The highest BCUT2D eigenvalue weighted by atomic mass is 35.5. The number of hydrogen-bond acceptors (Lipinski definition) is 4. The van der Waals surface area contributed by atoms with Crippen LogP contribution in [-0.2, 0) is 10.1 Å². The Bertz CT molecular complexity index is 878. The normalized spacial score (nSPS) is 21.5. The average molecular weight is 379 g/mol. The summed E-state index contributed by atoms with van der Waals surface area (Å²) in [6.45, 7) is 4.09. The Morgan fingerprint density at radius 3 is 2.44 bits per heavy atom. The van der Waals surface area contributed by atoms with Gasteiger partial charge in [-0.1, -0.05) is 41.4 Å². The summed E-state index contributed by atoms with van der Waals surface area (Å²) in [5.74, 6) is 1.46. The summed E-state index contributed by atoms with van der Waals surface area (Å²) in [4.78, 5) is 4.03. The second-order valence-electron chi connectivity index (χ2n) is 6.21. The highest BCUT2D eigenvalue weighted by Gasteiger charge is 2.36. The molecule has 4 rings (SSSR count). The smallest absolute Gasteiger partial charge is 0.294 e. The molecular weight excluding hydrogens is 360 g/mol. The Kier molecular flexibility index (Phi) is 5.24. The molecule has 1 aromatic heterocycles. The van der Waals surface area contributed by atoms with Gasteiger partial charge in [-0.05, 0) is 42.2 Å². The maximum Gasteiger partial charge on any atom is 0.294 e. The second-order valence-corrected chi connectivity index (χ2v) is 8.02. The van der Waals surface area contributed by atoms with Crippen LogP contribution in [0.5, 0.6) is 0 Å². The van der Waals surface area contributed by atoms with Gasteiger partial charge in [0.05, 0.1) is 4.90 Å². The molecule has 2 atom stereocenters. The van der Waals surface area contributed by atoms with Gasteiger partial charge >= 0.3 is 0 Å². The second kappa shape index (κ2) is 7.25. The van der Waals surface area contributed by atoms with Crippen LogP contribution in [0.1, 0.15) is 11.1 Å². The van der Waals surface area contributed by atoms with Crippen LogP contribution in [0.25, 0.3) is 5.57 Å². The fraction of sp³-hybridized carbons (Fsp3) is 0.278.